The molecule has 0 saturated carbocycles. The fraction of sp³-hybridized carbons (Fsp3) is 0.259. The topological polar surface area (TPSA) is 87.0 Å². The van der Waals surface area contributed by atoms with E-state index in [0.29, 0.717) is 29.6 Å². The van der Waals surface area contributed by atoms with Crippen LogP contribution in [0.3, 0.4) is 0 Å². The molecule has 1 saturated heterocycles. The minimum atomic E-state index is -0.0776. The first-order chi connectivity index (χ1) is 17.3. The lowest BCUT2D eigenvalue weighted by molar-refractivity contribution is -0.0298. The molecule has 176 valence electrons. The summed E-state index contributed by atoms with van der Waals surface area (Å²) in [6, 6.07) is 18.4. The highest BCUT2D eigenvalue weighted by Gasteiger charge is 2.22. The molecule has 1 aliphatic heterocycles. The summed E-state index contributed by atoms with van der Waals surface area (Å²) in [6.45, 7) is 3.16. The number of rotatable bonds is 6. The molecule has 1 aliphatic rings. The molecule has 2 aromatic carbocycles. The summed E-state index contributed by atoms with van der Waals surface area (Å²) < 4.78 is 13.8. The Bertz CT molecular complexity index is 1480. The first-order valence-electron chi connectivity index (χ1n) is 12.0. The molecule has 0 radical (unpaired) electrons. The van der Waals surface area contributed by atoms with Crippen LogP contribution in [0.4, 0.5) is 11.6 Å². The van der Waals surface area contributed by atoms with Gasteiger partial charge >= 0.3 is 0 Å². The van der Waals surface area contributed by atoms with Gasteiger partial charge in [-0.3, -0.25) is 9.55 Å². The van der Waals surface area contributed by atoms with Crippen LogP contribution in [-0.2, 0) is 4.74 Å². The first kappa shape index (κ1) is 21.5. The monoisotopic (exact) mass is 466 g/mol. The van der Waals surface area contributed by atoms with Gasteiger partial charge in [0.15, 0.2) is 11.2 Å². The van der Waals surface area contributed by atoms with Gasteiger partial charge < -0.3 is 14.8 Å². The number of imidazole rings is 1. The molecule has 0 aliphatic carbocycles. The third kappa shape index (κ3) is 4.17. The molecule has 1 atom stereocenters. The van der Waals surface area contributed by atoms with E-state index in [9.17, 15) is 0 Å². The zero-order valence-electron chi connectivity index (χ0n) is 19.5. The van der Waals surface area contributed by atoms with Crippen LogP contribution in [0.5, 0.6) is 5.88 Å². The van der Waals surface area contributed by atoms with E-state index in [1.165, 1.54) is 0 Å². The van der Waals surface area contributed by atoms with E-state index >= 15 is 0 Å². The van der Waals surface area contributed by atoms with Crippen LogP contribution in [0, 0.1) is 0 Å². The number of benzene rings is 2. The summed E-state index contributed by atoms with van der Waals surface area (Å²) in [5.74, 6) is 0.907. The van der Waals surface area contributed by atoms with Crippen LogP contribution in [0.1, 0.15) is 32.4 Å². The lowest BCUT2D eigenvalue weighted by Crippen LogP contribution is -2.18. The molecule has 1 unspecified atom stereocenters. The number of hydrogen-bond donors (Lipinski definition) is 1. The third-order valence-corrected chi connectivity index (χ3v) is 6.22. The lowest BCUT2D eigenvalue weighted by Gasteiger charge is -2.23. The maximum atomic E-state index is 5.99. The maximum absolute atomic E-state index is 5.99. The number of pyridine rings is 1. The van der Waals surface area contributed by atoms with Gasteiger partial charge in [0.2, 0.25) is 11.8 Å². The van der Waals surface area contributed by atoms with Crippen molar-refractivity contribution in [2.45, 2.75) is 32.4 Å². The fourth-order valence-corrected chi connectivity index (χ4v) is 4.56. The summed E-state index contributed by atoms with van der Waals surface area (Å²) in [6.07, 6.45) is 6.67. The van der Waals surface area contributed by atoms with Crippen molar-refractivity contribution in [1.29, 1.82) is 0 Å². The van der Waals surface area contributed by atoms with E-state index < -0.39 is 0 Å². The van der Waals surface area contributed by atoms with E-state index in [1.807, 2.05) is 54.1 Å². The quantitative estimate of drug-likeness (QED) is 0.334. The van der Waals surface area contributed by atoms with Gasteiger partial charge in [0.1, 0.15) is 6.23 Å². The molecule has 0 spiro atoms. The second-order valence-electron chi connectivity index (χ2n) is 8.51. The number of aromatic nitrogens is 5. The Balaban J connectivity index is 1.41. The normalized spacial score (nSPS) is 16.0. The highest BCUT2D eigenvalue weighted by atomic mass is 16.5. The Hall–Kier alpha value is -4.04. The van der Waals surface area contributed by atoms with Gasteiger partial charge in [-0.05, 0) is 61.6 Å². The summed E-state index contributed by atoms with van der Waals surface area (Å²) in [4.78, 5) is 18.5. The molecule has 8 heteroatoms. The molecule has 0 bridgehead atoms. The average Bonchev–Trinajstić information content (AvgIpc) is 3.34. The number of nitrogens with zero attached hydrogens (tertiary/aromatic N) is 5. The molecule has 8 nitrogen and oxygen atoms in total. The van der Waals surface area contributed by atoms with Gasteiger partial charge in [-0.25, -0.2) is 4.98 Å². The standard InChI is InChI=1S/C27H26N6O2/c1-2-34-26-24-25(33(17-29-24)23-10-6-7-15-35-23)31-27(32-26)30-19-11-12-22-21(16-19)20(13-14-28-22)18-8-4-3-5-9-18/h3-5,8-9,11-14,16-17,23H,2,6-7,10,15H2,1H3,(H,30,31,32). The highest BCUT2D eigenvalue weighted by molar-refractivity contribution is 5.96. The Morgan fingerprint density at radius 1 is 1.06 bits per heavy atom. The molecular weight excluding hydrogens is 440 g/mol. The fourth-order valence-electron chi connectivity index (χ4n) is 4.56. The van der Waals surface area contributed by atoms with E-state index in [0.717, 1.165) is 53.6 Å². The van der Waals surface area contributed by atoms with Crippen molar-refractivity contribution in [3.63, 3.8) is 0 Å². The van der Waals surface area contributed by atoms with Crippen molar-refractivity contribution in [1.82, 2.24) is 24.5 Å². The summed E-state index contributed by atoms with van der Waals surface area (Å²) >= 11 is 0. The van der Waals surface area contributed by atoms with Crippen LogP contribution in [0.2, 0.25) is 0 Å². The summed E-state index contributed by atoms with van der Waals surface area (Å²) in [5.41, 5.74) is 5.40. The SMILES string of the molecule is CCOc1nc(Nc2ccc3nccc(-c4ccccc4)c3c2)nc2c1ncn2C1CCCCO1. The van der Waals surface area contributed by atoms with Gasteiger partial charge in [0, 0.05) is 23.9 Å². The third-order valence-electron chi connectivity index (χ3n) is 6.22. The Morgan fingerprint density at radius 3 is 2.80 bits per heavy atom. The van der Waals surface area contributed by atoms with E-state index in [-0.39, 0.29) is 6.23 Å². The highest BCUT2D eigenvalue weighted by Crippen LogP contribution is 2.32. The predicted molar refractivity (Wildman–Crippen MR) is 136 cm³/mol. The van der Waals surface area contributed by atoms with Gasteiger partial charge in [-0.2, -0.15) is 9.97 Å². The zero-order chi connectivity index (χ0) is 23.6. The number of nitrogens with one attached hydrogen (secondary N) is 1. The Kier molecular flexibility index (Phi) is 5.71. The van der Waals surface area contributed by atoms with Crippen molar-refractivity contribution in [2.24, 2.45) is 0 Å². The van der Waals surface area contributed by atoms with Gasteiger partial charge in [0.25, 0.3) is 0 Å². The van der Waals surface area contributed by atoms with Crippen molar-refractivity contribution < 1.29 is 9.47 Å². The molecule has 0 amide bonds. The van der Waals surface area contributed by atoms with E-state index in [4.69, 9.17) is 14.5 Å². The first-order valence-corrected chi connectivity index (χ1v) is 12.0. The minimum Gasteiger partial charge on any atom is -0.476 e. The van der Waals surface area contributed by atoms with Crippen molar-refractivity contribution in [3.8, 4) is 17.0 Å². The number of anilines is 2. The van der Waals surface area contributed by atoms with E-state index in [2.05, 4.69) is 38.5 Å². The molecule has 5 aromatic rings. The number of ether oxygens (including phenoxy) is 2. The molecule has 6 rings (SSSR count). The second-order valence-corrected chi connectivity index (χ2v) is 8.51. The van der Waals surface area contributed by atoms with Gasteiger partial charge in [0.05, 0.1) is 18.5 Å². The van der Waals surface area contributed by atoms with Crippen LogP contribution in [-0.4, -0.2) is 37.7 Å². The summed E-state index contributed by atoms with van der Waals surface area (Å²) in [7, 11) is 0. The van der Waals surface area contributed by atoms with Crippen LogP contribution in [0.15, 0.2) is 67.1 Å². The van der Waals surface area contributed by atoms with Gasteiger partial charge in [-0.15, -0.1) is 0 Å². The van der Waals surface area contributed by atoms with Crippen molar-refractivity contribution >= 4 is 33.7 Å². The van der Waals surface area contributed by atoms with Gasteiger partial charge in [-0.1, -0.05) is 30.3 Å². The van der Waals surface area contributed by atoms with Crippen LogP contribution >= 0.6 is 0 Å². The largest absolute Gasteiger partial charge is 0.476 e. The molecule has 1 N–H and O–H groups in total. The number of fused-ring (bicyclic) bond motifs is 2. The maximum Gasteiger partial charge on any atom is 0.247 e. The smallest absolute Gasteiger partial charge is 0.247 e. The number of hydrogen-bond acceptors (Lipinski definition) is 7. The molecule has 4 heterocycles. The molecule has 35 heavy (non-hydrogen) atoms. The molecular formula is C27H26N6O2. The van der Waals surface area contributed by atoms with E-state index in [1.54, 1.807) is 6.33 Å². The Labute approximate surface area is 203 Å². The minimum absolute atomic E-state index is 0.0776. The molecule has 1 fully saturated rings. The van der Waals surface area contributed by atoms with Crippen LogP contribution in [0.25, 0.3) is 33.2 Å². The summed E-state index contributed by atoms with van der Waals surface area (Å²) in [5, 5.41) is 4.43. The Morgan fingerprint density at radius 2 is 1.97 bits per heavy atom. The van der Waals surface area contributed by atoms with Crippen molar-refractivity contribution in [3.05, 3.63) is 67.1 Å². The second kappa shape index (κ2) is 9.31. The van der Waals surface area contributed by atoms with Crippen LogP contribution < -0.4 is 10.1 Å². The zero-order valence-corrected chi connectivity index (χ0v) is 19.5. The van der Waals surface area contributed by atoms with Crippen molar-refractivity contribution in [2.75, 3.05) is 18.5 Å². The average molecular weight is 467 g/mol. The lowest BCUT2D eigenvalue weighted by atomic mass is 10.0. The predicted octanol–water partition coefficient (Wildman–Crippen LogP) is 5.88. The molecule has 3 aromatic heterocycles.